The van der Waals surface area contributed by atoms with Crippen LogP contribution in [0.15, 0.2) is 24.4 Å². The number of carbonyl (C=O) groups is 1. The zero-order chi connectivity index (χ0) is 20.0. The number of nitrogens with zero attached hydrogens (tertiary/aromatic N) is 3. The summed E-state index contributed by atoms with van der Waals surface area (Å²) in [4.78, 5) is 20.5. The first kappa shape index (κ1) is 20.2. The summed E-state index contributed by atoms with van der Waals surface area (Å²) in [5.74, 6) is 0.701. The normalized spacial score (nSPS) is 10.8. The standard InChI is InChI=1S/C20H26N6O/c1-13-6-7-14(18(27)22-5)10-16(13)25-19-24-12-15(11-21)17(26-19)23-9-8-20(2,3)4/h6-7,10,12H,8-9H2,1-5H3,(H,22,27)(H2,23,24,25,26). The highest BCUT2D eigenvalue weighted by Gasteiger charge is 2.13. The van der Waals surface area contributed by atoms with Crippen molar-refractivity contribution in [2.45, 2.75) is 34.1 Å². The van der Waals surface area contributed by atoms with E-state index < -0.39 is 0 Å². The molecule has 0 atom stereocenters. The maximum atomic E-state index is 11.9. The van der Waals surface area contributed by atoms with Gasteiger partial charge < -0.3 is 16.0 Å². The summed E-state index contributed by atoms with van der Waals surface area (Å²) >= 11 is 0. The van der Waals surface area contributed by atoms with Gasteiger partial charge in [0.05, 0.1) is 6.20 Å². The second-order valence-corrected chi connectivity index (χ2v) is 7.54. The fourth-order valence-corrected chi connectivity index (χ4v) is 2.38. The highest BCUT2D eigenvalue weighted by atomic mass is 16.1. The van der Waals surface area contributed by atoms with Crippen LogP contribution >= 0.6 is 0 Å². The predicted octanol–water partition coefficient (Wildman–Crippen LogP) is 3.61. The lowest BCUT2D eigenvalue weighted by atomic mass is 9.92. The molecule has 1 heterocycles. The Balaban J connectivity index is 2.23. The molecule has 1 aromatic heterocycles. The van der Waals surface area contributed by atoms with Crippen LogP contribution in [0.2, 0.25) is 0 Å². The van der Waals surface area contributed by atoms with Crippen LogP contribution in [-0.2, 0) is 0 Å². The van der Waals surface area contributed by atoms with Crippen molar-refractivity contribution in [1.82, 2.24) is 15.3 Å². The topological polar surface area (TPSA) is 103 Å². The maximum Gasteiger partial charge on any atom is 0.251 e. The molecule has 7 heteroatoms. The van der Waals surface area contributed by atoms with Gasteiger partial charge in [0.1, 0.15) is 17.5 Å². The van der Waals surface area contributed by atoms with E-state index in [1.165, 1.54) is 6.20 Å². The summed E-state index contributed by atoms with van der Waals surface area (Å²) < 4.78 is 0. The minimum Gasteiger partial charge on any atom is -0.369 e. The number of hydrogen-bond acceptors (Lipinski definition) is 6. The first-order chi connectivity index (χ1) is 12.7. The van der Waals surface area contributed by atoms with E-state index in [0.29, 0.717) is 29.4 Å². The van der Waals surface area contributed by atoms with Crippen molar-refractivity contribution in [2.75, 3.05) is 24.2 Å². The van der Waals surface area contributed by atoms with Gasteiger partial charge in [-0.3, -0.25) is 4.79 Å². The molecular formula is C20H26N6O. The van der Waals surface area contributed by atoms with Crippen LogP contribution in [0.1, 0.15) is 48.7 Å². The smallest absolute Gasteiger partial charge is 0.251 e. The van der Waals surface area contributed by atoms with Crippen molar-refractivity contribution in [3.63, 3.8) is 0 Å². The van der Waals surface area contributed by atoms with E-state index in [4.69, 9.17) is 0 Å². The molecule has 0 aliphatic heterocycles. The van der Waals surface area contributed by atoms with Crippen LogP contribution < -0.4 is 16.0 Å². The van der Waals surface area contributed by atoms with Gasteiger partial charge in [-0.25, -0.2) is 4.98 Å². The quantitative estimate of drug-likeness (QED) is 0.722. The highest BCUT2D eigenvalue weighted by molar-refractivity contribution is 5.95. The number of amides is 1. The van der Waals surface area contributed by atoms with Crippen molar-refractivity contribution >= 4 is 23.4 Å². The number of aryl methyl sites for hydroxylation is 1. The highest BCUT2D eigenvalue weighted by Crippen LogP contribution is 2.23. The fourth-order valence-electron chi connectivity index (χ4n) is 2.38. The first-order valence-electron chi connectivity index (χ1n) is 8.84. The van der Waals surface area contributed by atoms with Gasteiger partial charge in [0, 0.05) is 24.8 Å². The lowest BCUT2D eigenvalue weighted by molar-refractivity contribution is 0.0963. The molecule has 0 radical (unpaired) electrons. The number of carbonyl (C=O) groups excluding carboxylic acids is 1. The van der Waals surface area contributed by atoms with Crippen LogP contribution in [0.4, 0.5) is 17.5 Å². The second-order valence-electron chi connectivity index (χ2n) is 7.54. The predicted molar refractivity (Wildman–Crippen MR) is 107 cm³/mol. The summed E-state index contributed by atoms with van der Waals surface area (Å²) in [5, 5.41) is 18.3. The molecule has 7 nitrogen and oxygen atoms in total. The average Bonchev–Trinajstić information content (AvgIpc) is 2.62. The number of benzene rings is 1. The maximum absolute atomic E-state index is 11.9. The third-order valence-corrected chi connectivity index (χ3v) is 4.05. The van der Waals surface area contributed by atoms with Crippen LogP contribution in [-0.4, -0.2) is 29.5 Å². The lowest BCUT2D eigenvalue weighted by Gasteiger charge is -2.18. The van der Waals surface area contributed by atoms with Gasteiger partial charge in [-0.05, 0) is 36.5 Å². The summed E-state index contributed by atoms with van der Waals surface area (Å²) in [5.41, 5.74) is 2.82. The molecule has 27 heavy (non-hydrogen) atoms. The van der Waals surface area contributed by atoms with Crippen LogP contribution in [0.25, 0.3) is 0 Å². The number of hydrogen-bond donors (Lipinski definition) is 3. The van der Waals surface area contributed by atoms with Gasteiger partial charge in [-0.15, -0.1) is 0 Å². The van der Waals surface area contributed by atoms with Gasteiger partial charge in [0.15, 0.2) is 0 Å². The minimum absolute atomic E-state index is 0.164. The van der Waals surface area contributed by atoms with Crippen molar-refractivity contribution in [3.05, 3.63) is 41.1 Å². The van der Waals surface area contributed by atoms with E-state index in [1.807, 2.05) is 13.0 Å². The number of nitriles is 1. The Bertz CT molecular complexity index is 864. The molecule has 1 aromatic carbocycles. The molecular weight excluding hydrogens is 340 g/mol. The second kappa shape index (κ2) is 8.49. The Morgan fingerprint density at radius 1 is 1.30 bits per heavy atom. The monoisotopic (exact) mass is 366 g/mol. The molecule has 0 bridgehead atoms. The number of nitrogens with one attached hydrogen (secondary N) is 3. The summed E-state index contributed by atoms with van der Waals surface area (Å²) in [6.45, 7) is 9.13. The molecule has 3 N–H and O–H groups in total. The molecule has 0 fully saturated rings. The van der Waals surface area contributed by atoms with Crippen LogP contribution in [0.3, 0.4) is 0 Å². The summed E-state index contributed by atoms with van der Waals surface area (Å²) in [6, 6.07) is 7.48. The van der Waals surface area contributed by atoms with E-state index in [2.05, 4.69) is 52.8 Å². The Labute approximate surface area is 160 Å². The molecule has 0 saturated carbocycles. The summed E-state index contributed by atoms with van der Waals surface area (Å²) in [7, 11) is 1.59. The Kier molecular flexibility index (Phi) is 6.35. The number of rotatable bonds is 6. The molecule has 0 unspecified atom stereocenters. The largest absolute Gasteiger partial charge is 0.369 e. The van der Waals surface area contributed by atoms with Crippen molar-refractivity contribution in [3.8, 4) is 6.07 Å². The molecule has 142 valence electrons. The van der Waals surface area contributed by atoms with E-state index in [0.717, 1.165) is 17.7 Å². The fraction of sp³-hybridized carbons (Fsp3) is 0.400. The van der Waals surface area contributed by atoms with Crippen molar-refractivity contribution < 1.29 is 4.79 Å². The molecule has 0 aliphatic rings. The first-order valence-corrected chi connectivity index (χ1v) is 8.84. The number of aromatic nitrogens is 2. The average molecular weight is 366 g/mol. The molecule has 0 aliphatic carbocycles. The minimum atomic E-state index is -0.164. The van der Waals surface area contributed by atoms with Gasteiger partial charge in [0.2, 0.25) is 5.95 Å². The molecule has 0 saturated heterocycles. The van der Waals surface area contributed by atoms with Crippen molar-refractivity contribution in [2.24, 2.45) is 5.41 Å². The molecule has 2 rings (SSSR count). The van der Waals surface area contributed by atoms with Crippen LogP contribution in [0.5, 0.6) is 0 Å². The zero-order valence-electron chi connectivity index (χ0n) is 16.5. The molecule has 0 spiro atoms. The third-order valence-electron chi connectivity index (χ3n) is 4.05. The lowest BCUT2D eigenvalue weighted by Crippen LogP contribution is -2.18. The number of anilines is 3. The van der Waals surface area contributed by atoms with Crippen LogP contribution in [0, 0.1) is 23.7 Å². The van der Waals surface area contributed by atoms with Gasteiger partial charge >= 0.3 is 0 Å². The molecule has 2 aromatic rings. The van der Waals surface area contributed by atoms with E-state index in [1.54, 1.807) is 19.2 Å². The van der Waals surface area contributed by atoms with E-state index >= 15 is 0 Å². The van der Waals surface area contributed by atoms with E-state index in [9.17, 15) is 10.1 Å². The zero-order valence-corrected chi connectivity index (χ0v) is 16.5. The van der Waals surface area contributed by atoms with Gasteiger partial charge in [-0.2, -0.15) is 10.2 Å². The SMILES string of the molecule is CNC(=O)c1ccc(C)c(Nc2ncc(C#N)c(NCCC(C)(C)C)n2)c1. The van der Waals surface area contributed by atoms with Gasteiger partial charge in [0.25, 0.3) is 5.91 Å². The molecule has 1 amide bonds. The third kappa shape index (κ3) is 5.68. The van der Waals surface area contributed by atoms with Crippen molar-refractivity contribution in [1.29, 1.82) is 5.26 Å². The Morgan fingerprint density at radius 2 is 2.04 bits per heavy atom. The Morgan fingerprint density at radius 3 is 2.67 bits per heavy atom. The van der Waals surface area contributed by atoms with E-state index in [-0.39, 0.29) is 11.3 Å². The summed E-state index contributed by atoms with van der Waals surface area (Å²) in [6.07, 6.45) is 2.44. The Hall–Kier alpha value is -3.14. The van der Waals surface area contributed by atoms with Gasteiger partial charge in [-0.1, -0.05) is 26.8 Å².